The van der Waals surface area contributed by atoms with Crippen LogP contribution >= 0.6 is 15.9 Å². The highest BCUT2D eigenvalue weighted by atomic mass is 79.9. The molecular weight excluding hydrogens is 360 g/mol. The van der Waals surface area contributed by atoms with Crippen molar-refractivity contribution in [3.63, 3.8) is 0 Å². The number of halogens is 1. The van der Waals surface area contributed by atoms with Crippen LogP contribution < -0.4 is 5.32 Å². The number of hydrogen-bond acceptors (Lipinski definition) is 3. The van der Waals surface area contributed by atoms with Gasteiger partial charge in [0.15, 0.2) is 0 Å². The molecule has 0 saturated heterocycles. The summed E-state index contributed by atoms with van der Waals surface area (Å²) < 4.78 is 5.95. The minimum atomic E-state index is -0.406. The fourth-order valence-electron chi connectivity index (χ4n) is 2.55. The summed E-state index contributed by atoms with van der Waals surface area (Å²) >= 11 is 3.41. The molecule has 2 heterocycles. The number of carbonyl (C=O) groups excluding carboxylic acids is 2. The maximum Gasteiger partial charge on any atom is 0.340 e. The number of nitrogens with one attached hydrogen (secondary N) is 2. The fourth-order valence-corrected chi connectivity index (χ4v) is 2.91. The molecule has 1 aliphatic heterocycles. The summed E-state index contributed by atoms with van der Waals surface area (Å²) in [6.45, 7) is 3.91. The Hall–Kier alpha value is -2.34. The minimum absolute atomic E-state index is 0.194. The van der Waals surface area contributed by atoms with Gasteiger partial charge in [0.25, 0.3) is 5.91 Å². The molecule has 0 spiro atoms. The number of amides is 1. The third-order valence-corrected chi connectivity index (χ3v) is 4.02. The lowest BCUT2D eigenvalue weighted by Gasteiger charge is -2.02. The number of rotatable bonds is 3. The number of aromatic nitrogens is 1. The van der Waals surface area contributed by atoms with Crippen LogP contribution in [-0.2, 0) is 9.53 Å². The van der Waals surface area contributed by atoms with E-state index >= 15 is 0 Å². The van der Waals surface area contributed by atoms with E-state index in [9.17, 15) is 9.59 Å². The number of hydrogen-bond donors (Lipinski definition) is 2. The molecule has 1 aromatic carbocycles. The van der Waals surface area contributed by atoms with Crippen molar-refractivity contribution >= 4 is 45.1 Å². The number of esters is 1. The summed E-state index contributed by atoms with van der Waals surface area (Å²) in [4.78, 5) is 27.4. The lowest BCUT2D eigenvalue weighted by molar-refractivity contribution is -0.110. The summed E-state index contributed by atoms with van der Waals surface area (Å²) in [5, 5.41) is 2.82. The Morgan fingerprint density at radius 3 is 2.87 bits per heavy atom. The number of ether oxygens (including phenoxy) is 1. The smallest absolute Gasteiger partial charge is 0.340 e. The van der Waals surface area contributed by atoms with E-state index in [-0.39, 0.29) is 5.91 Å². The molecule has 0 fully saturated rings. The minimum Gasteiger partial charge on any atom is -0.462 e. The molecule has 23 heavy (non-hydrogen) atoms. The van der Waals surface area contributed by atoms with Gasteiger partial charge in [0.2, 0.25) is 0 Å². The Morgan fingerprint density at radius 1 is 1.35 bits per heavy atom. The van der Waals surface area contributed by atoms with Crippen molar-refractivity contribution in [2.75, 3.05) is 11.9 Å². The number of anilines is 1. The Kier molecular flexibility index (Phi) is 4.09. The summed E-state index contributed by atoms with van der Waals surface area (Å²) in [6, 6.07) is 7.30. The molecule has 0 aliphatic carbocycles. The second kappa shape index (κ2) is 6.04. The molecule has 3 rings (SSSR count). The third-order valence-electron chi connectivity index (χ3n) is 3.53. The zero-order chi connectivity index (χ0) is 16.6. The standard InChI is InChI=1S/C17H15BrN2O3/c1-3-23-17(22)13-6-9(2)19-15(13)8-12-11-7-10(18)4-5-14(11)20-16(12)21/h4-8,19H,3H2,1-2H3,(H,20,21)/b12-8-. The van der Waals surface area contributed by atoms with Gasteiger partial charge in [0, 0.05) is 21.4 Å². The Balaban J connectivity index is 2.08. The molecule has 1 aromatic heterocycles. The Morgan fingerprint density at radius 2 is 2.13 bits per heavy atom. The van der Waals surface area contributed by atoms with Crippen LogP contribution in [0.25, 0.3) is 11.6 Å². The molecule has 0 bridgehead atoms. The van der Waals surface area contributed by atoms with E-state index in [1.165, 1.54) is 0 Å². The molecule has 118 valence electrons. The summed E-state index contributed by atoms with van der Waals surface area (Å²) in [5.74, 6) is -0.600. The summed E-state index contributed by atoms with van der Waals surface area (Å²) in [7, 11) is 0. The first kappa shape index (κ1) is 15.6. The molecule has 1 amide bonds. The third kappa shape index (κ3) is 2.94. The number of aromatic amines is 1. The van der Waals surface area contributed by atoms with Crippen molar-refractivity contribution in [3.05, 3.63) is 51.3 Å². The molecule has 1 aliphatic rings. The molecule has 6 heteroatoms. The first-order valence-corrected chi connectivity index (χ1v) is 7.98. The maximum atomic E-state index is 12.2. The molecule has 2 aromatic rings. The predicted octanol–water partition coefficient (Wildman–Crippen LogP) is 3.76. The van der Waals surface area contributed by atoms with E-state index in [4.69, 9.17) is 4.74 Å². The van der Waals surface area contributed by atoms with E-state index in [1.54, 1.807) is 19.1 Å². The number of carbonyl (C=O) groups is 2. The Labute approximate surface area is 141 Å². The SMILES string of the molecule is CCOC(=O)c1cc(C)[nH]c1/C=C1\C(=O)Nc2ccc(Br)cc21. The number of benzene rings is 1. The zero-order valence-corrected chi connectivity index (χ0v) is 14.3. The van der Waals surface area contributed by atoms with Crippen molar-refractivity contribution in [2.45, 2.75) is 13.8 Å². The van der Waals surface area contributed by atoms with Crippen molar-refractivity contribution in [1.82, 2.24) is 4.98 Å². The highest BCUT2D eigenvalue weighted by Crippen LogP contribution is 2.35. The van der Waals surface area contributed by atoms with Crippen LogP contribution in [0.2, 0.25) is 0 Å². The quantitative estimate of drug-likeness (QED) is 0.634. The number of aryl methyl sites for hydroxylation is 1. The fraction of sp³-hybridized carbons (Fsp3) is 0.176. The van der Waals surface area contributed by atoms with Crippen LogP contribution in [0.1, 0.15) is 34.2 Å². The first-order valence-electron chi connectivity index (χ1n) is 7.19. The molecule has 2 N–H and O–H groups in total. The van der Waals surface area contributed by atoms with E-state index in [0.717, 1.165) is 21.4 Å². The van der Waals surface area contributed by atoms with Crippen LogP contribution in [0.3, 0.4) is 0 Å². The van der Waals surface area contributed by atoms with Crippen molar-refractivity contribution < 1.29 is 14.3 Å². The van der Waals surface area contributed by atoms with Gasteiger partial charge in [-0.15, -0.1) is 0 Å². The average molecular weight is 375 g/mol. The van der Waals surface area contributed by atoms with Gasteiger partial charge in [-0.1, -0.05) is 15.9 Å². The second-order valence-corrected chi connectivity index (χ2v) is 6.12. The van der Waals surface area contributed by atoms with Gasteiger partial charge in [0.05, 0.1) is 23.4 Å². The number of fused-ring (bicyclic) bond motifs is 1. The van der Waals surface area contributed by atoms with Gasteiger partial charge >= 0.3 is 5.97 Å². The molecule has 0 saturated carbocycles. The highest BCUT2D eigenvalue weighted by Gasteiger charge is 2.25. The average Bonchev–Trinajstić information content (AvgIpc) is 3.01. The van der Waals surface area contributed by atoms with E-state index in [2.05, 4.69) is 26.2 Å². The topological polar surface area (TPSA) is 71.2 Å². The summed E-state index contributed by atoms with van der Waals surface area (Å²) in [6.07, 6.45) is 1.69. The maximum absolute atomic E-state index is 12.2. The van der Waals surface area contributed by atoms with Crippen molar-refractivity contribution in [2.24, 2.45) is 0 Å². The largest absolute Gasteiger partial charge is 0.462 e. The van der Waals surface area contributed by atoms with E-state index in [0.29, 0.717) is 23.4 Å². The van der Waals surface area contributed by atoms with E-state index in [1.807, 2.05) is 25.1 Å². The van der Waals surface area contributed by atoms with Gasteiger partial charge in [-0.3, -0.25) is 4.79 Å². The van der Waals surface area contributed by atoms with Crippen LogP contribution in [0.5, 0.6) is 0 Å². The zero-order valence-electron chi connectivity index (χ0n) is 12.7. The monoisotopic (exact) mass is 374 g/mol. The first-order chi connectivity index (χ1) is 11.0. The lowest BCUT2D eigenvalue weighted by Crippen LogP contribution is -2.06. The van der Waals surface area contributed by atoms with E-state index < -0.39 is 5.97 Å². The van der Waals surface area contributed by atoms with Crippen molar-refractivity contribution in [3.8, 4) is 0 Å². The van der Waals surface area contributed by atoms with Gasteiger partial charge in [-0.2, -0.15) is 0 Å². The van der Waals surface area contributed by atoms with Crippen molar-refractivity contribution in [1.29, 1.82) is 0 Å². The van der Waals surface area contributed by atoms with Crippen LogP contribution in [-0.4, -0.2) is 23.5 Å². The van der Waals surface area contributed by atoms with Gasteiger partial charge in [-0.25, -0.2) is 4.79 Å². The molecular formula is C17H15BrN2O3. The molecule has 0 unspecified atom stereocenters. The van der Waals surface area contributed by atoms with Gasteiger partial charge in [-0.05, 0) is 44.2 Å². The molecule has 0 atom stereocenters. The predicted molar refractivity (Wildman–Crippen MR) is 92.1 cm³/mol. The Bertz CT molecular complexity index is 836. The van der Waals surface area contributed by atoms with Crippen LogP contribution in [0.4, 0.5) is 5.69 Å². The molecule has 5 nitrogen and oxygen atoms in total. The van der Waals surface area contributed by atoms with Crippen LogP contribution in [0, 0.1) is 6.92 Å². The van der Waals surface area contributed by atoms with Crippen LogP contribution in [0.15, 0.2) is 28.7 Å². The summed E-state index contributed by atoms with van der Waals surface area (Å²) in [5.41, 5.74) is 3.88. The number of H-pyrrole nitrogens is 1. The molecule has 0 radical (unpaired) electrons. The van der Waals surface area contributed by atoms with Gasteiger partial charge < -0.3 is 15.0 Å². The highest BCUT2D eigenvalue weighted by molar-refractivity contribution is 9.10. The second-order valence-electron chi connectivity index (χ2n) is 5.20. The van der Waals surface area contributed by atoms with Gasteiger partial charge in [0.1, 0.15) is 0 Å². The lowest BCUT2D eigenvalue weighted by atomic mass is 10.1. The normalized spacial score (nSPS) is 14.7.